The number of benzene rings is 1. The van der Waals surface area contributed by atoms with Crippen LogP contribution in [0.25, 0.3) is 0 Å². The normalized spacial score (nSPS) is 19.8. The lowest BCUT2D eigenvalue weighted by Gasteiger charge is -2.28. The molecule has 0 heterocycles. The van der Waals surface area contributed by atoms with Gasteiger partial charge in [-0.2, -0.15) is 0 Å². The van der Waals surface area contributed by atoms with E-state index in [9.17, 15) is 4.79 Å². The molecule has 21 heavy (non-hydrogen) atoms. The maximum Gasteiger partial charge on any atom is 0.179 e. The zero-order valence-corrected chi connectivity index (χ0v) is 13.6. The van der Waals surface area contributed by atoms with Gasteiger partial charge in [0.1, 0.15) is 0 Å². The number of rotatable bonds is 7. The summed E-state index contributed by atoms with van der Waals surface area (Å²) in [6.45, 7) is 8.45. The fourth-order valence-corrected chi connectivity index (χ4v) is 3.05. The lowest BCUT2D eigenvalue weighted by atomic mass is 9.97. The second-order valence-electron chi connectivity index (χ2n) is 7.20. The molecule has 2 heteroatoms. The summed E-state index contributed by atoms with van der Waals surface area (Å²) < 4.78 is 0. The van der Waals surface area contributed by atoms with Crippen LogP contribution in [-0.2, 0) is 0 Å². The van der Waals surface area contributed by atoms with Crippen LogP contribution in [0.15, 0.2) is 18.2 Å². The number of Topliss-reactive ketones (excluding diaryl/α,β-unsaturated/α-hetero) is 1. The van der Waals surface area contributed by atoms with Crippen LogP contribution in [0.3, 0.4) is 0 Å². The summed E-state index contributed by atoms with van der Waals surface area (Å²) >= 11 is 0. The fourth-order valence-electron chi connectivity index (χ4n) is 3.05. The maximum atomic E-state index is 12.9. The van der Waals surface area contributed by atoms with Crippen LogP contribution < -0.4 is 0 Å². The Morgan fingerprint density at radius 1 is 1.14 bits per heavy atom. The third-order valence-electron chi connectivity index (χ3n) is 4.96. The Morgan fingerprint density at radius 2 is 1.71 bits per heavy atom. The van der Waals surface area contributed by atoms with Crippen LogP contribution in [0, 0.1) is 25.7 Å². The number of hydrogen-bond acceptors (Lipinski definition) is 2. The molecule has 1 aromatic rings. The van der Waals surface area contributed by atoms with E-state index in [1.165, 1.54) is 31.2 Å². The first kappa shape index (κ1) is 14.8. The van der Waals surface area contributed by atoms with Gasteiger partial charge in [-0.1, -0.05) is 17.7 Å². The minimum atomic E-state index is 0.0201. The second kappa shape index (κ2) is 5.92. The van der Waals surface area contributed by atoms with Crippen LogP contribution in [0.5, 0.6) is 0 Å². The molecular weight excluding hydrogens is 258 g/mol. The van der Waals surface area contributed by atoms with Crippen molar-refractivity contribution in [1.29, 1.82) is 0 Å². The highest BCUT2D eigenvalue weighted by molar-refractivity contribution is 6.01. The summed E-state index contributed by atoms with van der Waals surface area (Å²) in [5.74, 6) is 1.99. The highest BCUT2D eigenvalue weighted by Gasteiger charge is 2.33. The molecule has 0 aromatic heterocycles. The summed E-state index contributed by atoms with van der Waals surface area (Å²) in [4.78, 5) is 15.4. The molecule has 2 fully saturated rings. The van der Waals surface area contributed by atoms with Crippen molar-refractivity contribution in [3.05, 3.63) is 34.9 Å². The minimum Gasteiger partial charge on any atom is -0.293 e. The Kier molecular flexibility index (Phi) is 4.17. The Morgan fingerprint density at radius 3 is 2.24 bits per heavy atom. The summed E-state index contributed by atoms with van der Waals surface area (Å²) in [7, 11) is 0. The van der Waals surface area contributed by atoms with Gasteiger partial charge in [0.2, 0.25) is 0 Å². The summed E-state index contributed by atoms with van der Waals surface area (Å²) in [5.41, 5.74) is 3.20. The molecule has 0 N–H and O–H groups in total. The third kappa shape index (κ3) is 3.74. The Hall–Kier alpha value is -1.15. The van der Waals surface area contributed by atoms with Gasteiger partial charge in [-0.3, -0.25) is 9.69 Å². The third-order valence-corrected chi connectivity index (χ3v) is 4.96. The quantitative estimate of drug-likeness (QED) is 0.706. The molecule has 2 aliphatic rings. The average molecular weight is 285 g/mol. The van der Waals surface area contributed by atoms with Gasteiger partial charge in [0.05, 0.1) is 6.04 Å². The monoisotopic (exact) mass is 285 g/mol. The number of aryl methyl sites for hydroxylation is 2. The van der Waals surface area contributed by atoms with Crippen LogP contribution in [0.4, 0.5) is 0 Å². The van der Waals surface area contributed by atoms with Gasteiger partial charge < -0.3 is 0 Å². The van der Waals surface area contributed by atoms with Crippen molar-refractivity contribution >= 4 is 5.78 Å². The first-order valence-corrected chi connectivity index (χ1v) is 8.40. The molecule has 0 radical (unpaired) electrons. The molecular formula is C19H27NO. The van der Waals surface area contributed by atoms with E-state index in [0.29, 0.717) is 5.78 Å². The minimum absolute atomic E-state index is 0.0201. The van der Waals surface area contributed by atoms with Crippen molar-refractivity contribution in [3.8, 4) is 0 Å². The summed E-state index contributed by atoms with van der Waals surface area (Å²) in [6, 6.07) is 6.23. The molecule has 0 aliphatic heterocycles. The lowest BCUT2D eigenvalue weighted by Crippen LogP contribution is -2.41. The van der Waals surface area contributed by atoms with Crippen molar-refractivity contribution in [2.75, 3.05) is 13.1 Å². The fraction of sp³-hybridized carbons (Fsp3) is 0.632. The van der Waals surface area contributed by atoms with E-state index in [0.717, 1.165) is 36.1 Å². The van der Waals surface area contributed by atoms with Crippen molar-refractivity contribution in [2.24, 2.45) is 11.8 Å². The average Bonchev–Trinajstić information content (AvgIpc) is 3.34. The van der Waals surface area contributed by atoms with Crippen LogP contribution in [0.2, 0.25) is 0 Å². The zero-order valence-electron chi connectivity index (χ0n) is 13.6. The van der Waals surface area contributed by atoms with Gasteiger partial charge in [-0.25, -0.2) is 0 Å². The Labute approximate surface area is 128 Å². The first-order valence-electron chi connectivity index (χ1n) is 8.40. The number of carbonyl (C=O) groups excluding carboxylic acids is 1. The van der Waals surface area contributed by atoms with Gasteiger partial charge in [-0.05, 0) is 69.9 Å². The van der Waals surface area contributed by atoms with E-state index < -0.39 is 0 Å². The highest BCUT2D eigenvalue weighted by atomic mass is 16.1. The number of carbonyl (C=O) groups is 1. The van der Waals surface area contributed by atoms with Gasteiger partial charge in [-0.15, -0.1) is 0 Å². The zero-order chi connectivity index (χ0) is 15.0. The molecule has 2 aliphatic carbocycles. The molecule has 0 amide bonds. The second-order valence-corrected chi connectivity index (χ2v) is 7.20. The predicted molar refractivity (Wildman–Crippen MR) is 86.7 cm³/mol. The van der Waals surface area contributed by atoms with Crippen molar-refractivity contribution in [2.45, 2.75) is 52.5 Å². The van der Waals surface area contributed by atoms with Crippen LogP contribution in [-0.4, -0.2) is 29.8 Å². The topological polar surface area (TPSA) is 20.3 Å². The molecule has 2 saturated carbocycles. The van der Waals surface area contributed by atoms with E-state index in [1.807, 2.05) is 6.92 Å². The SMILES string of the molecule is Cc1ccc(C)c(C(=O)C(C)N(CC2CC2)CC2CC2)c1. The molecule has 0 bridgehead atoms. The molecule has 114 valence electrons. The van der Waals surface area contributed by atoms with Crippen LogP contribution in [0.1, 0.15) is 54.1 Å². The molecule has 0 saturated heterocycles. The highest BCUT2D eigenvalue weighted by Crippen LogP contribution is 2.35. The number of nitrogens with zero attached hydrogens (tertiary/aromatic N) is 1. The summed E-state index contributed by atoms with van der Waals surface area (Å²) in [5, 5.41) is 0. The Balaban J connectivity index is 1.74. The smallest absolute Gasteiger partial charge is 0.179 e. The van der Waals surface area contributed by atoms with E-state index in [1.54, 1.807) is 0 Å². The molecule has 1 aromatic carbocycles. The number of hydrogen-bond donors (Lipinski definition) is 0. The van der Waals surface area contributed by atoms with E-state index in [-0.39, 0.29) is 6.04 Å². The molecule has 2 nitrogen and oxygen atoms in total. The van der Waals surface area contributed by atoms with Crippen molar-refractivity contribution < 1.29 is 4.79 Å². The van der Waals surface area contributed by atoms with E-state index >= 15 is 0 Å². The predicted octanol–water partition coefficient (Wildman–Crippen LogP) is 4.00. The van der Waals surface area contributed by atoms with Gasteiger partial charge in [0.25, 0.3) is 0 Å². The lowest BCUT2D eigenvalue weighted by molar-refractivity contribution is 0.0823. The van der Waals surface area contributed by atoms with Gasteiger partial charge >= 0.3 is 0 Å². The largest absolute Gasteiger partial charge is 0.293 e. The van der Waals surface area contributed by atoms with Crippen molar-refractivity contribution in [1.82, 2.24) is 4.90 Å². The maximum absolute atomic E-state index is 12.9. The molecule has 3 rings (SSSR count). The van der Waals surface area contributed by atoms with Gasteiger partial charge in [0.15, 0.2) is 5.78 Å². The first-order chi connectivity index (χ1) is 10.0. The summed E-state index contributed by atoms with van der Waals surface area (Å²) in [6.07, 6.45) is 5.41. The number of ketones is 1. The molecule has 0 spiro atoms. The van der Waals surface area contributed by atoms with Gasteiger partial charge in [0, 0.05) is 18.7 Å². The molecule has 1 unspecified atom stereocenters. The van der Waals surface area contributed by atoms with E-state index in [4.69, 9.17) is 0 Å². The van der Waals surface area contributed by atoms with E-state index in [2.05, 4.69) is 36.9 Å². The van der Waals surface area contributed by atoms with Crippen LogP contribution >= 0.6 is 0 Å². The Bertz CT molecular complexity index is 514. The standard InChI is InChI=1S/C19H27NO/c1-13-4-5-14(2)18(10-13)19(21)15(3)20(11-16-6-7-16)12-17-8-9-17/h4-5,10,15-17H,6-9,11-12H2,1-3H3. The van der Waals surface area contributed by atoms with Crippen molar-refractivity contribution in [3.63, 3.8) is 0 Å². The molecule has 1 atom stereocenters.